The highest BCUT2D eigenvalue weighted by atomic mass is 16.3. The van der Waals surface area contributed by atoms with Gasteiger partial charge in [-0.25, -0.2) is 0 Å². The highest BCUT2D eigenvalue weighted by Crippen LogP contribution is 2.21. The lowest BCUT2D eigenvalue weighted by Gasteiger charge is -2.42. The predicted octanol–water partition coefficient (Wildman–Crippen LogP) is -1.28. The first-order chi connectivity index (χ1) is 7.15. The molecule has 92 valence electrons. The van der Waals surface area contributed by atoms with Crippen molar-refractivity contribution in [3.63, 3.8) is 0 Å². The van der Waals surface area contributed by atoms with Crippen LogP contribution < -0.4 is 16.0 Å². The van der Waals surface area contributed by atoms with Crippen LogP contribution in [0.3, 0.4) is 0 Å². The van der Waals surface area contributed by atoms with Crippen LogP contribution in [0.25, 0.3) is 0 Å². The van der Waals surface area contributed by atoms with Crippen molar-refractivity contribution in [1.82, 2.24) is 16.0 Å². The Hall–Kier alpha value is -0.200. The molecule has 5 nitrogen and oxygen atoms in total. The Morgan fingerprint density at radius 1 is 1.13 bits per heavy atom. The van der Waals surface area contributed by atoms with E-state index >= 15 is 0 Å². The maximum Gasteiger partial charge on any atom is 0.0964 e. The zero-order valence-corrected chi connectivity index (χ0v) is 10.2. The highest BCUT2D eigenvalue weighted by Gasteiger charge is 2.38. The number of hydrogen-bond donors (Lipinski definition) is 5. The van der Waals surface area contributed by atoms with Gasteiger partial charge >= 0.3 is 0 Å². The van der Waals surface area contributed by atoms with Gasteiger partial charge in [0.05, 0.1) is 18.9 Å². The average Bonchev–Trinajstić information content (AvgIpc) is 2.30. The molecule has 0 radical (unpaired) electrons. The first-order valence-corrected chi connectivity index (χ1v) is 5.42. The van der Waals surface area contributed by atoms with Crippen LogP contribution in [0, 0.1) is 5.92 Å². The van der Waals surface area contributed by atoms with Gasteiger partial charge in [0.15, 0.2) is 0 Å². The molecule has 0 saturated heterocycles. The second-order valence-corrected chi connectivity index (χ2v) is 3.72. The Labute approximate surface area is 92.3 Å². The lowest BCUT2D eigenvalue weighted by molar-refractivity contribution is 0.0480. The van der Waals surface area contributed by atoms with Crippen molar-refractivity contribution >= 4 is 0 Å². The summed E-state index contributed by atoms with van der Waals surface area (Å²) in [6, 6.07) is -0.0398. The standard InChI is InChI=1S/C10H25N3O2/c1-5-8(9(6-14)11-2)10(7-15,12-3)13-4/h8-9,11-15H,5-7H2,1-4H3. The molecule has 0 heterocycles. The SMILES string of the molecule is CCC(C(CO)NC)C(CO)(NC)NC. The lowest BCUT2D eigenvalue weighted by Crippen LogP contribution is -2.66. The zero-order chi connectivity index (χ0) is 11.9. The Morgan fingerprint density at radius 3 is 1.87 bits per heavy atom. The van der Waals surface area contributed by atoms with Gasteiger partial charge in [0, 0.05) is 12.0 Å². The summed E-state index contributed by atoms with van der Waals surface area (Å²) in [6.45, 7) is 2.08. The van der Waals surface area contributed by atoms with Gasteiger partial charge in [0.2, 0.25) is 0 Å². The lowest BCUT2D eigenvalue weighted by atomic mass is 9.84. The molecule has 0 rings (SSSR count). The van der Waals surface area contributed by atoms with Crippen LogP contribution in [0.5, 0.6) is 0 Å². The third-order valence-electron chi connectivity index (χ3n) is 3.27. The Kier molecular flexibility index (Phi) is 7.04. The summed E-state index contributed by atoms with van der Waals surface area (Å²) in [6.07, 6.45) is 0.855. The molecule has 2 atom stereocenters. The number of likely N-dealkylation sites (N-methyl/N-ethyl adjacent to an activating group) is 3. The summed E-state index contributed by atoms with van der Waals surface area (Å²) in [5.74, 6) is 0.104. The maximum absolute atomic E-state index is 9.48. The van der Waals surface area contributed by atoms with Crippen LogP contribution >= 0.6 is 0 Å². The summed E-state index contributed by atoms with van der Waals surface area (Å²) in [4.78, 5) is 0. The van der Waals surface area contributed by atoms with Crippen LogP contribution in [-0.2, 0) is 0 Å². The van der Waals surface area contributed by atoms with Crippen molar-refractivity contribution in [3.8, 4) is 0 Å². The smallest absolute Gasteiger partial charge is 0.0964 e. The van der Waals surface area contributed by atoms with E-state index < -0.39 is 5.66 Å². The number of rotatable bonds is 8. The molecular formula is C10H25N3O2. The third kappa shape index (κ3) is 3.12. The number of aliphatic hydroxyl groups is 2. The summed E-state index contributed by atoms with van der Waals surface area (Å²) in [5.41, 5.74) is -0.550. The first-order valence-electron chi connectivity index (χ1n) is 5.42. The molecule has 0 aliphatic carbocycles. The van der Waals surface area contributed by atoms with E-state index in [2.05, 4.69) is 16.0 Å². The van der Waals surface area contributed by atoms with Crippen LogP contribution in [0.2, 0.25) is 0 Å². The van der Waals surface area contributed by atoms with Gasteiger partial charge < -0.3 is 26.2 Å². The molecule has 0 aliphatic rings. The minimum atomic E-state index is -0.550. The van der Waals surface area contributed by atoms with Crippen molar-refractivity contribution in [2.75, 3.05) is 34.4 Å². The van der Waals surface area contributed by atoms with Crippen LogP contribution in [0.1, 0.15) is 13.3 Å². The van der Waals surface area contributed by atoms with Crippen LogP contribution in [-0.4, -0.2) is 56.3 Å². The van der Waals surface area contributed by atoms with Gasteiger partial charge in [-0.05, 0) is 27.6 Å². The van der Waals surface area contributed by atoms with E-state index in [1.54, 1.807) is 14.1 Å². The quantitative estimate of drug-likeness (QED) is 0.329. The molecule has 0 saturated carbocycles. The van der Waals surface area contributed by atoms with Crippen molar-refractivity contribution in [2.24, 2.45) is 5.92 Å². The topological polar surface area (TPSA) is 76.5 Å². The predicted molar refractivity (Wildman–Crippen MR) is 61.7 cm³/mol. The zero-order valence-electron chi connectivity index (χ0n) is 10.2. The summed E-state index contributed by atoms with van der Waals surface area (Å²) in [5, 5.41) is 28.0. The Bertz CT molecular complexity index is 150. The van der Waals surface area contributed by atoms with E-state index in [4.69, 9.17) is 0 Å². The molecule has 0 fully saturated rings. The minimum Gasteiger partial charge on any atom is -0.395 e. The van der Waals surface area contributed by atoms with Crippen molar-refractivity contribution in [3.05, 3.63) is 0 Å². The number of hydrogen-bond acceptors (Lipinski definition) is 5. The van der Waals surface area contributed by atoms with E-state index in [1.807, 2.05) is 14.0 Å². The van der Waals surface area contributed by atoms with E-state index in [-0.39, 0.29) is 25.2 Å². The van der Waals surface area contributed by atoms with E-state index in [1.165, 1.54) is 0 Å². The van der Waals surface area contributed by atoms with E-state index in [9.17, 15) is 10.2 Å². The minimum absolute atomic E-state index is 0.0172. The molecule has 15 heavy (non-hydrogen) atoms. The monoisotopic (exact) mass is 219 g/mol. The molecule has 2 unspecified atom stereocenters. The average molecular weight is 219 g/mol. The summed E-state index contributed by atoms with van der Waals surface area (Å²) < 4.78 is 0. The second-order valence-electron chi connectivity index (χ2n) is 3.72. The Balaban J connectivity index is 4.86. The molecule has 0 amide bonds. The van der Waals surface area contributed by atoms with Gasteiger partial charge in [-0.1, -0.05) is 6.92 Å². The van der Waals surface area contributed by atoms with Gasteiger partial charge in [-0.3, -0.25) is 0 Å². The van der Waals surface area contributed by atoms with Gasteiger partial charge in [-0.15, -0.1) is 0 Å². The van der Waals surface area contributed by atoms with Gasteiger partial charge in [-0.2, -0.15) is 0 Å². The summed E-state index contributed by atoms with van der Waals surface area (Å²) >= 11 is 0. The largest absolute Gasteiger partial charge is 0.395 e. The molecule has 0 aromatic heterocycles. The van der Waals surface area contributed by atoms with Crippen LogP contribution in [0.15, 0.2) is 0 Å². The molecule has 5 heteroatoms. The summed E-state index contributed by atoms with van der Waals surface area (Å²) in [7, 11) is 5.43. The maximum atomic E-state index is 9.48. The van der Waals surface area contributed by atoms with Crippen molar-refractivity contribution in [2.45, 2.75) is 25.0 Å². The molecule has 0 bridgehead atoms. The Morgan fingerprint density at radius 2 is 1.67 bits per heavy atom. The highest BCUT2D eigenvalue weighted by molar-refractivity contribution is 4.94. The third-order valence-corrected chi connectivity index (χ3v) is 3.27. The molecular weight excluding hydrogens is 194 g/mol. The molecule has 5 N–H and O–H groups in total. The van der Waals surface area contributed by atoms with Gasteiger partial charge in [0.1, 0.15) is 0 Å². The molecule has 0 aliphatic heterocycles. The van der Waals surface area contributed by atoms with E-state index in [0.717, 1.165) is 6.42 Å². The van der Waals surface area contributed by atoms with Crippen molar-refractivity contribution in [1.29, 1.82) is 0 Å². The van der Waals surface area contributed by atoms with E-state index in [0.29, 0.717) is 0 Å². The molecule has 0 aromatic carbocycles. The van der Waals surface area contributed by atoms with Gasteiger partial charge in [0.25, 0.3) is 0 Å². The fourth-order valence-electron chi connectivity index (χ4n) is 2.17. The first kappa shape index (κ1) is 14.8. The van der Waals surface area contributed by atoms with Crippen LogP contribution in [0.4, 0.5) is 0 Å². The normalized spacial score (nSPS) is 16.4. The van der Waals surface area contributed by atoms with Crippen molar-refractivity contribution < 1.29 is 10.2 Å². The number of nitrogens with one attached hydrogen (secondary N) is 3. The fraction of sp³-hybridized carbons (Fsp3) is 1.00. The second kappa shape index (κ2) is 7.14. The molecule has 0 spiro atoms. The fourth-order valence-corrected chi connectivity index (χ4v) is 2.17. The molecule has 0 aromatic rings. The number of aliphatic hydroxyl groups excluding tert-OH is 2.